The Bertz CT molecular complexity index is 682. The van der Waals surface area contributed by atoms with E-state index in [0.29, 0.717) is 30.9 Å². The highest BCUT2D eigenvalue weighted by Crippen LogP contribution is 2.16. The fourth-order valence-electron chi connectivity index (χ4n) is 2.44. The van der Waals surface area contributed by atoms with Gasteiger partial charge in [0.15, 0.2) is 0 Å². The van der Waals surface area contributed by atoms with Crippen molar-refractivity contribution in [3.8, 4) is 11.8 Å². The zero-order valence-corrected chi connectivity index (χ0v) is 13.9. The molecule has 24 heavy (non-hydrogen) atoms. The van der Waals surface area contributed by atoms with Gasteiger partial charge in [-0.3, -0.25) is 9.59 Å². The maximum Gasteiger partial charge on any atom is 0.254 e. The summed E-state index contributed by atoms with van der Waals surface area (Å²) in [5, 5.41) is 9.67. The molecular weight excluding hydrogens is 308 g/mol. The van der Waals surface area contributed by atoms with Crippen LogP contribution in [0.5, 0.6) is 0 Å². The summed E-state index contributed by atoms with van der Waals surface area (Å²) in [5.41, 5.74) is 5.28. The average Bonchev–Trinajstić information content (AvgIpc) is 2.52. The number of ether oxygens (including phenoxy) is 1. The van der Waals surface area contributed by atoms with Crippen molar-refractivity contribution >= 4 is 11.8 Å². The van der Waals surface area contributed by atoms with Gasteiger partial charge in [-0.15, -0.1) is 0 Å². The molecule has 0 saturated carbocycles. The SMILES string of the molecule is CC(C)(O)C#Cc1cccc(C(=O)N2CCOC[C@@H]2CC(N)=O)c1. The van der Waals surface area contributed by atoms with E-state index in [0.717, 1.165) is 0 Å². The number of carbonyl (C=O) groups is 2. The predicted octanol–water partition coefficient (Wildman–Crippen LogP) is 0.525. The Morgan fingerprint density at radius 2 is 2.21 bits per heavy atom. The predicted molar refractivity (Wildman–Crippen MR) is 89.1 cm³/mol. The Morgan fingerprint density at radius 3 is 2.88 bits per heavy atom. The van der Waals surface area contributed by atoms with Gasteiger partial charge in [0.2, 0.25) is 5.91 Å². The number of hydrogen-bond donors (Lipinski definition) is 2. The highest BCUT2D eigenvalue weighted by molar-refractivity contribution is 5.95. The van der Waals surface area contributed by atoms with Gasteiger partial charge in [-0.05, 0) is 32.0 Å². The first-order valence-electron chi connectivity index (χ1n) is 7.79. The normalized spacial score (nSPS) is 17.8. The number of benzene rings is 1. The van der Waals surface area contributed by atoms with Crippen molar-refractivity contribution < 1.29 is 19.4 Å². The van der Waals surface area contributed by atoms with Gasteiger partial charge >= 0.3 is 0 Å². The molecule has 1 aliphatic heterocycles. The fraction of sp³-hybridized carbons (Fsp3) is 0.444. The van der Waals surface area contributed by atoms with Crippen molar-refractivity contribution in [3.05, 3.63) is 35.4 Å². The molecule has 0 aliphatic carbocycles. The van der Waals surface area contributed by atoms with Crippen LogP contribution in [0.3, 0.4) is 0 Å². The van der Waals surface area contributed by atoms with Crippen molar-refractivity contribution in [2.24, 2.45) is 5.73 Å². The zero-order valence-electron chi connectivity index (χ0n) is 13.9. The lowest BCUT2D eigenvalue weighted by molar-refractivity contribution is -0.120. The Balaban J connectivity index is 2.21. The molecule has 1 heterocycles. The minimum atomic E-state index is -1.10. The molecule has 0 radical (unpaired) electrons. The molecule has 1 atom stereocenters. The minimum absolute atomic E-state index is 0.0734. The topological polar surface area (TPSA) is 92.9 Å². The smallest absolute Gasteiger partial charge is 0.254 e. The summed E-state index contributed by atoms with van der Waals surface area (Å²) in [6.45, 7) is 4.33. The van der Waals surface area contributed by atoms with Crippen LogP contribution in [0, 0.1) is 11.8 Å². The quantitative estimate of drug-likeness (QED) is 0.791. The van der Waals surface area contributed by atoms with Crippen molar-refractivity contribution in [3.63, 3.8) is 0 Å². The minimum Gasteiger partial charge on any atom is -0.378 e. The Morgan fingerprint density at radius 1 is 1.46 bits per heavy atom. The van der Waals surface area contributed by atoms with Crippen LogP contribution in [0.25, 0.3) is 0 Å². The number of primary amides is 1. The second-order valence-electron chi connectivity index (χ2n) is 6.29. The van der Waals surface area contributed by atoms with E-state index in [1.54, 1.807) is 43.0 Å². The fourth-order valence-corrected chi connectivity index (χ4v) is 2.44. The van der Waals surface area contributed by atoms with Crippen LogP contribution >= 0.6 is 0 Å². The van der Waals surface area contributed by atoms with E-state index in [1.807, 2.05) is 0 Å². The number of rotatable bonds is 3. The average molecular weight is 330 g/mol. The first-order chi connectivity index (χ1) is 11.3. The monoisotopic (exact) mass is 330 g/mol. The molecule has 1 aromatic carbocycles. The van der Waals surface area contributed by atoms with Gasteiger partial charge in [0, 0.05) is 24.1 Å². The molecule has 1 aromatic rings. The Kier molecular flexibility index (Phi) is 5.60. The van der Waals surface area contributed by atoms with Crippen LogP contribution in [0.2, 0.25) is 0 Å². The summed E-state index contributed by atoms with van der Waals surface area (Å²) >= 11 is 0. The van der Waals surface area contributed by atoms with Gasteiger partial charge < -0.3 is 20.5 Å². The summed E-state index contributed by atoms with van der Waals surface area (Å²) in [6, 6.07) is 6.54. The molecular formula is C18H22N2O4. The van der Waals surface area contributed by atoms with Gasteiger partial charge in [-0.25, -0.2) is 0 Å². The van der Waals surface area contributed by atoms with Gasteiger partial charge in [0.05, 0.1) is 19.3 Å². The molecule has 128 valence electrons. The summed E-state index contributed by atoms with van der Waals surface area (Å²) in [7, 11) is 0. The Hall–Kier alpha value is -2.36. The largest absolute Gasteiger partial charge is 0.378 e. The third kappa shape index (κ3) is 5.08. The van der Waals surface area contributed by atoms with Gasteiger partial charge in [-0.2, -0.15) is 0 Å². The first kappa shape index (κ1) is 18.0. The van der Waals surface area contributed by atoms with Crippen molar-refractivity contribution in [2.45, 2.75) is 31.9 Å². The number of amides is 2. The molecule has 6 heteroatoms. The lowest BCUT2D eigenvalue weighted by Crippen LogP contribution is -2.50. The van der Waals surface area contributed by atoms with Gasteiger partial charge in [-0.1, -0.05) is 17.9 Å². The molecule has 6 nitrogen and oxygen atoms in total. The van der Waals surface area contributed by atoms with E-state index in [2.05, 4.69) is 11.8 Å². The van der Waals surface area contributed by atoms with Gasteiger partial charge in [0.1, 0.15) is 5.60 Å². The van der Waals surface area contributed by atoms with E-state index < -0.39 is 11.5 Å². The second kappa shape index (κ2) is 7.47. The lowest BCUT2D eigenvalue weighted by Gasteiger charge is -2.35. The van der Waals surface area contributed by atoms with Gasteiger partial charge in [0.25, 0.3) is 5.91 Å². The van der Waals surface area contributed by atoms with E-state index in [-0.39, 0.29) is 18.4 Å². The molecule has 1 saturated heterocycles. The summed E-state index contributed by atoms with van der Waals surface area (Å²) in [5.74, 6) is 4.93. The van der Waals surface area contributed by atoms with E-state index in [9.17, 15) is 14.7 Å². The van der Waals surface area contributed by atoms with Crippen LogP contribution in [0.1, 0.15) is 36.2 Å². The highest BCUT2D eigenvalue weighted by atomic mass is 16.5. The van der Waals surface area contributed by atoms with Crippen molar-refractivity contribution in [1.29, 1.82) is 0 Å². The number of aliphatic hydroxyl groups is 1. The Labute approximate surface area is 141 Å². The molecule has 1 aliphatic rings. The van der Waals surface area contributed by atoms with Crippen LogP contribution in [-0.2, 0) is 9.53 Å². The molecule has 0 aromatic heterocycles. The third-order valence-corrected chi connectivity index (χ3v) is 3.55. The summed E-state index contributed by atoms with van der Waals surface area (Å²) < 4.78 is 5.35. The molecule has 3 N–H and O–H groups in total. The number of hydrogen-bond acceptors (Lipinski definition) is 4. The molecule has 0 spiro atoms. The van der Waals surface area contributed by atoms with E-state index in [4.69, 9.17) is 10.5 Å². The van der Waals surface area contributed by atoms with Crippen LogP contribution in [0.4, 0.5) is 0 Å². The summed E-state index contributed by atoms with van der Waals surface area (Å²) in [4.78, 5) is 25.6. The standard InChI is InChI=1S/C18H22N2O4/c1-18(2,23)7-6-13-4-3-5-14(10-13)17(22)20-8-9-24-12-15(20)11-16(19)21/h3-5,10,15,23H,8-9,11-12H2,1-2H3,(H2,19,21)/t15-/m0/s1. The zero-order chi connectivity index (χ0) is 17.7. The number of nitrogens with zero attached hydrogens (tertiary/aromatic N) is 1. The molecule has 0 unspecified atom stereocenters. The van der Waals surface area contributed by atoms with Crippen LogP contribution in [0.15, 0.2) is 24.3 Å². The molecule has 0 bridgehead atoms. The number of morpholine rings is 1. The van der Waals surface area contributed by atoms with Crippen LogP contribution in [-0.4, -0.2) is 53.2 Å². The highest BCUT2D eigenvalue weighted by Gasteiger charge is 2.29. The third-order valence-electron chi connectivity index (χ3n) is 3.55. The molecule has 1 fully saturated rings. The van der Waals surface area contributed by atoms with E-state index in [1.165, 1.54) is 0 Å². The second-order valence-corrected chi connectivity index (χ2v) is 6.29. The first-order valence-corrected chi connectivity index (χ1v) is 7.79. The van der Waals surface area contributed by atoms with Crippen LogP contribution < -0.4 is 5.73 Å². The molecule has 2 amide bonds. The number of carbonyl (C=O) groups excluding carboxylic acids is 2. The summed E-state index contributed by atoms with van der Waals surface area (Å²) in [6.07, 6.45) is 0.0734. The maximum atomic E-state index is 12.8. The maximum absolute atomic E-state index is 12.8. The number of nitrogens with two attached hydrogens (primary N) is 1. The lowest BCUT2D eigenvalue weighted by atomic mass is 10.1. The van der Waals surface area contributed by atoms with Crippen molar-refractivity contribution in [1.82, 2.24) is 4.90 Å². The van der Waals surface area contributed by atoms with Crippen molar-refractivity contribution in [2.75, 3.05) is 19.8 Å². The van der Waals surface area contributed by atoms with E-state index >= 15 is 0 Å². The molecule has 2 rings (SSSR count).